The summed E-state index contributed by atoms with van der Waals surface area (Å²) in [5.74, 6) is -1.99. The van der Waals surface area contributed by atoms with E-state index in [9.17, 15) is 14.7 Å². The second-order valence-corrected chi connectivity index (χ2v) is 6.12. The quantitative estimate of drug-likeness (QED) is 0.563. The van der Waals surface area contributed by atoms with Crippen LogP contribution in [0, 0.1) is 0 Å². The monoisotopic (exact) mass is 355 g/mol. The number of carbonyl (C=O) groups is 2. The molecule has 0 radical (unpaired) electrons. The van der Waals surface area contributed by atoms with Gasteiger partial charge in [-0.15, -0.1) is 0 Å². The maximum Gasteiger partial charge on any atom is 0.345 e. The molecule has 2 aliphatic heterocycles. The van der Waals surface area contributed by atoms with Crippen LogP contribution in [0.5, 0.6) is 0 Å². The molecule has 0 bridgehead atoms. The number of ether oxygens (including phenoxy) is 2. The minimum atomic E-state index is -1.31. The number of carboxylic acid groups (broad SMARTS) is 1. The predicted molar refractivity (Wildman–Crippen MR) is 91.8 cm³/mol. The van der Waals surface area contributed by atoms with Crippen molar-refractivity contribution in [2.24, 2.45) is 0 Å². The first-order chi connectivity index (χ1) is 12.6. The summed E-state index contributed by atoms with van der Waals surface area (Å²) < 4.78 is 10.9. The summed E-state index contributed by atoms with van der Waals surface area (Å²) >= 11 is 0. The van der Waals surface area contributed by atoms with Gasteiger partial charge in [0.1, 0.15) is 5.65 Å². The molecule has 2 aromatic heterocycles. The zero-order valence-corrected chi connectivity index (χ0v) is 13.8. The Morgan fingerprint density at radius 3 is 2.96 bits per heavy atom. The summed E-state index contributed by atoms with van der Waals surface area (Å²) in [5.41, 5.74) is 1.01. The number of aromatic nitrogens is 2. The van der Waals surface area contributed by atoms with Crippen molar-refractivity contribution in [3.8, 4) is 0 Å². The predicted octanol–water partition coefficient (Wildman–Crippen LogP) is 1.57. The second kappa shape index (κ2) is 6.64. The average molecular weight is 355 g/mol. The number of nitrogens with zero attached hydrogens (tertiary/aromatic N) is 1. The van der Waals surface area contributed by atoms with E-state index in [0.29, 0.717) is 24.4 Å². The number of H-pyrrole nitrogens is 1. The first-order valence-electron chi connectivity index (χ1n) is 8.31. The van der Waals surface area contributed by atoms with Crippen molar-refractivity contribution in [1.82, 2.24) is 15.3 Å². The number of nitrogens with one attached hydrogen (secondary N) is 2. The van der Waals surface area contributed by atoms with Gasteiger partial charge in [-0.1, -0.05) is 0 Å². The van der Waals surface area contributed by atoms with Crippen LogP contribution in [-0.2, 0) is 19.1 Å². The first-order valence-corrected chi connectivity index (χ1v) is 8.31. The Hall–Kier alpha value is -3.13. The minimum absolute atomic E-state index is 0.00128. The SMILES string of the molecule is O=C(O)C1=C(NC2CCOCC2)O/C(=C\c2c[nH]c3ncccc23)C1=O. The summed E-state index contributed by atoms with van der Waals surface area (Å²) in [6.45, 7) is 1.18. The van der Waals surface area contributed by atoms with Crippen LogP contribution < -0.4 is 5.32 Å². The fraction of sp³-hybridized carbons (Fsp3) is 0.278. The molecule has 0 atom stereocenters. The highest BCUT2D eigenvalue weighted by atomic mass is 16.5. The fourth-order valence-electron chi connectivity index (χ4n) is 3.09. The zero-order chi connectivity index (χ0) is 18.1. The molecular formula is C18H17N3O5. The fourth-order valence-corrected chi connectivity index (χ4v) is 3.09. The van der Waals surface area contributed by atoms with E-state index in [1.165, 1.54) is 6.08 Å². The summed E-state index contributed by atoms with van der Waals surface area (Å²) in [4.78, 5) is 31.3. The first kappa shape index (κ1) is 16.3. The van der Waals surface area contributed by atoms with Crippen molar-refractivity contribution in [2.45, 2.75) is 18.9 Å². The van der Waals surface area contributed by atoms with E-state index in [4.69, 9.17) is 9.47 Å². The highest BCUT2D eigenvalue weighted by molar-refractivity contribution is 6.26. The Bertz CT molecular complexity index is 937. The maximum absolute atomic E-state index is 12.5. The van der Waals surface area contributed by atoms with Crippen LogP contribution in [0.1, 0.15) is 18.4 Å². The Morgan fingerprint density at radius 2 is 2.19 bits per heavy atom. The highest BCUT2D eigenvalue weighted by Gasteiger charge is 2.37. The summed E-state index contributed by atoms with van der Waals surface area (Å²) in [5, 5.41) is 13.3. The van der Waals surface area contributed by atoms with Crippen molar-refractivity contribution in [2.75, 3.05) is 13.2 Å². The normalized spacial score (nSPS) is 20.0. The lowest BCUT2D eigenvalue weighted by atomic mass is 10.1. The van der Waals surface area contributed by atoms with Gasteiger partial charge in [0.15, 0.2) is 11.3 Å². The third-order valence-corrected chi connectivity index (χ3v) is 4.43. The molecule has 0 aromatic carbocycles. The minimum Gasteiger partial charge on any atom is -0.477 e. The topological polar surface area (TPSA) is 114 Å². The molecule has 2 aromatic rings. The molecule has 0 aliphatic carbocycles. The third kappa shape index (κ3) is 2.95. The maximum atomic E-state index is 12.5. The van der Waals surface area contributed by atoms with Gasteiger partial charge in [0.2, 0.25) is 11.7 Å². The van der Waals surface area contributed by atoms with Crippen molar-refractivity contribution in [1.29, 1.82) is 0 Å². The number of Topliss-reactive ketones (excluding diaryl/α,β-unsaturated/α-hetero) is 1. The van der Waals surface area contributed by atoms with Crippen LogP contribution >= 0.6 is 0 Å². The van der Waals surface area contributed by atoms with Crippen molar-refractivity contribution in [3.63, 3.8) is 0 Å². The lowest BCUT2D eigenvalue weighted by molar-refractivity contribution is -0.134. The molecule has 1 fully saturated rings. The van der Waals surface area contributed by atoms with Gasteiger partial charge in [0, 0.05) is 42.6 Å². The Kier molecular flexibility index (Phi) is 4.18. The van der Waals surface area contributed by atoms with Gasteiger partial charge in [-0.05, 0) is 31.1 Å². The van der Waals surface area contributed by atoms with Gasteiger partial charge >= 0.3 is 5.97 Å². The molecule has 1 saturated heterocycles. The largest absolute Gasteiger partial charge is 0.477 e. The molecule has 0 saturated carbocycles. The molecule has 0 spiro atoms. The molecule has 4 rings (SSSR count). The number of pyridine rings is 1. The Balaban J connectivity index is 1.63. The molecule has 26 heavy (non-hydrogen) atoms. The van der Waals surface area contributed by atoms with E-state index in [-0.39, 0.29) is 23.3 Å². The summed E-state index contributed by atoms with van der Waals surface area (Å²) in [7, 11) is 0. The number of hydrogen-bond donors (Lipinski definition) is 3. The number of hydrogen-bond acceptors (Lipinski definition) is 6. The van der Waals surface area contributed by atoms with E-state index >= 15 is 0 Å². The number of aromatic amines is 1. The number of carbonyl (C=O) groups excluding carboxylic acids is 1. The van der Waals surface area contributed by atoms with Crippen molar-refractivity contribution in [3.05, 3.63) is 47.3 Å². The summed E-state index contributed by atoms with van der Waals surface area (Å²) in [6.07, 6.45) is 6.34. The summed E-state index contributed by atoms with van der Waals surface area (Å²) in [6, 6.07) is 3.66. The van der Waals surface area contributed by atoms with Crippen molar-refractivity contribution < 1.29 is 24.2 Å². The van der Waals surface area contributed by atoms with Gasteiger partial charge < -0.3 is 24.9 Å². The van der Waals surface area contributed by atoms with Crippen LogP contribution in [0.2, 0.25) is 0 Å². The van der Waals surface area contributed by atoms with Crippen LogP contribution in [0.15, 0.2) is 41.7 Å². The average Bonchev–Trinajstić information content (AvgIpc) is 3.18. The molecule has 8 nitrogen and oxygen atoms in total. The number of carboxylic acids is 1. The smallest absolute Gasteiger partial charge is 0.345 e. The van der Waals surface area contributed by atoms with Gasteiger partial charge in [-0.25, -0.2) is 9.78 Å². The van der Waals surface area contributed by atoms with E-state index in [1.54, 1.807) is 18.5 Å². The molecule has 134 valence electrons. The van der Waals surface area contributed by atoms with E-state index in [1.807, 2.05) is 6.07 Å². The molecule has 2 aliphatic rings. The number of ketones is 1. The Labute approximate surface area is 148 Å². The van der Waals surface area contributed by atoms with E-state index in [0.717, 1.165) is 18.2 Å². The van der Waals surface area contributed by atoms with Gasteiger partial charge in [0.25, 0.3) is 0 Å². The molecule has 4 heterocycles. The number of allylic oxidation sites excluding steroid dienone is 1. The van der Waals surface area contributed by atoms with Crippen LogP contribution in [-0.4, -0.2) is 46.1 Å². The third-order valence-electron chi connectivity index (χ3n) is 4.43. The van der Waals surface area contributed by atoms with Gasteiger partial charge in [-0.2, -0.15) is 0 Å². The number of rotatable bonds is 4. The van der Waals surface area contributed by atoms with Crippen LogP contribution in [0.25, 0.3) is 17.1 Å². The standard InChI is InChI=1S/C18H17N3O5/c22-15-13(8-10-9-20-16-12(10)2-1-5-19-16)26-17(14(15)18(23)24)21-11-3-6-25-7-4-11/h1-2,5,8-9,11,21H,3-4,6-7H2,(H,19,20)(H,23,24)/b13-8-. The second-order valence-electron chi connectivity index (χ2n) is 6.12. The van der Waals surface area contributed by atoms with Gasteiger partial charge in [0.05, 0.1) is 0 Å². The van der Waals surface area contributed by atoms with Crippen LogP contribution in [0.3, 0.4) is 0 Å². The lowest BCUT2D eigenvalue weighted by Gasteiger charge is -2.24. The van der Waals surface area contributed by atoms with Crippen molar-refractivity contribution >= 4 is 28.9 Å². The van der Waals surface area contributed by atoms with E-state index < -0.39 is 11.8 Å². The van der Waals surface area contributed by atoms with E-state index in [2.05, 4.69) is 15.3 Å². The highest BCUT2D eigenvalue weighted by Crippen LogP contribution is 2.28. The molecule has 3 N–H and O–H groups in total. The molecule has 0 unspecified atom stereocenters. The Morgan fingerprint density at radius 1 is 1.38 bits per heavy atom. The van der Waals surface area contributed by atoms with Crippen LogP contribution in [0.4, 0.5) is 0 Å². The van der Waals surface area contributed by atoms with Gasteiger partial charge in [-0.3, -0.25) is 4.79 Å². The zero-order valence-electron chi connectivity index (χ0n) is 13.8. The number of fused-ring (bicyclic) bond motifs is 1. The lowest BCUT2D eigenvalue weighted by Crippen LogP contribution is -2.35. The number of aliphatic carboxylic acids is 1. The molecular weight excluding hydrogens is 338 g/mol. The molecule has 0 amide bonds. The molecule has 8 heteroatoms.